The molecule has 2 aromatic rings. The Kier molecular flexibility index (Phi) is 7.80. The lowest BCUT2D eigenvalue weighted by Crippen LogP contribution is -2.18. The number of hydrogen-bond acceptors (Lipinski definition) is 7. The average molecular weight is 430 g/mol. The fourth-order valence-electron chi connectivity index (χ4n) is 2.49. The second-order valence-corrected chi connectivity index (χ2v) is 7.64. The SMILES string of the molecule is COc1ccc(OC)c(NC(=O)/C(C#N)=C\NCCc2ccc(S(N)(=O)=O)cc2)c1. The Hall–Kier alpha value is -3.55. The molecule has 0 aliphatic rings. The van der Waals surface area contributed by atoms with Crippen molar-refractivity contribution >= 4 is 21.6 Å². The van der Waals surface area contributed by atoms with Gasteiger partial charge in [0.05, 0.1) is 24.8 Å². The van der Waals surface area contributed by atoms with Crippen LogP contribution in [0.3, 0.4) is 0 Å². The Balaban J connectivity index is 1.97. The Morgan fingerprint density at radius 3 is 2.43 bits per heavy atom. The number of nitrogens with one attached hydrogen (secondary N) is 2. The fourth-order valence-corrected chi connectivity index (χ4v) is 3.00. The maximum atomic E-state index is 12.4. The molecule has 0 aromatic heterocycles. The third-order valence-electron chi connectivity index (χ3n) is 4.08. The molecule has 1 amide bonds. The molecular formula is C20H22N4O5S. The van der Waals surface area contributed by atoms with E-state index in [2.05, 4.69) is 10.6 Å². The third-order valence-corrected chi connectivity index (χ3v) is 5.01. The van der Waals surface area contributed by atoms with Gasteiger partial charge in [0.25, 0.3) is 5.91 Å². The minimum Gasteiger partial charge on any atom is -0.497 e. The number of benzene rings is 2. The zero-order valence-electron chi connectivity index (χ0n) is 16.5. The van der Waals surface area contributed by atoms with Gasteiger partial charge in [0, 0.05) is 18.8 Å². The van der Waals surface area contributed by atoms with E-state index < -0.39 is 15.9 Å². The van der Waals surface area contributed by atoms with E-state index in [4.69, 9.17) is 14.6 Å². The van der Waals surface area contributed by atoms with Crippen LogP contribution in [0.15, 0.2) is 59.1 Å². The standard InChI is InChI=1S/C20H22N4O5S/c1-28-16-5-8-19(29-2)18(11-16)24-20(25)15(12-21)13-23-10-9-14-3-6-17(7-4-14)30(22,26)27/h3-8,11,13,23H,9-10H2,1-2H3,(H,24,25)(H2,22,26,27)/b15-13-. The van der Waals surface area contributed by atoms with Gasteiger partial charge in [-0.1, -0.05) is 12.1 Å². The van der Waals surface area contributed by atoms with E-state index >= 15 is 0 Å². The van der Waals surface area contributed by atoms with Crippen LogP contribution in [0.25, 0.3) is 0 Å². The second-order valence-electron chi connectivity index (χ2n) is 6.08. The molecule has 2 rings (SSSR count). The largest absolute Gasteiger partial charge is 0.497 e. The van der Waals surface area contributed by atoms with E-state index in [9.17, 15) is 18.5 Å². The molecule has 2 aromatic carbocycles. The predicted octanol–water partition coefficient (Wildman–Crippen LogP) is 1.53. The van der Waals surface area contributed by atoms with Crippen molar-refractivity contribution in [3.8, 4) is 17.6 Å². The number of hydrogen-bond donors (Lipinski definition) is 3. The molecule has 0 heterocycles. The van der Waals surface area contributed by atoms with Crippen LogP contribution < -0.4 is 25.2 Å². The smallest absolute Gasteiger partial charge is 0.267 e. The average Bonchev–Trinajstić information content (AvgIpc) is 2.73. The number of anilines is 1. The lowest BCUT2D eigenvalue weighted by atomic mass is 10.1. The van der Waals surface area contributed by atoms with Crippen LogP contribution in [0.1, 0.15) is 5.56 Å². The van der Waals surface area contributed by atoms with Gasteiger partial charge in [-0.25, -0.2) is 13.6 Å². The van der Waals surface area contributed by atoms with Crippen LogP contribution in [0.4, 0.5) is 5.69 Å². The Labute approximate surface area is 175 Å². The van der Waals surface area contributed by atoms with Gasteiger partial charge in [-0.15, -0.1) is 0 Å². The van der Waals surface area contributed by atoms with Gasteiger partial charge in [-0.2, -0.15) is 5.26 Å². The molecule has 10 heteroatoms. The van der Waals surface area contributed by atoms with Gasteiger partial charge >= 0.3 is 0 Å². The number of primary sulfonamides is 1. The van der Waals surface area contributed by atoms with Gasteiger partial charge in [-0.05, 0) is 36.2 Å². The maximum absolute atomic E-state index is 12.4. The number of nitrogens with zero attached hydrogens (tertiary/aromatic N) is 1. The zero-order chi connectivity index (χ0) is 22.1. The highest BCUT2D eigenvalue weighted by atomic mass is 32.2. The minimum atomic E-state index is -3.73. The first kappa shape index (κ1) is 22.7. The van der Waals surface area contributed by atoms with Gasteiger partial charge < -0.3 is 20.1 Å². The molecule has 0 saturated heterocycles. The van der Waals surface area contributed by atoms with Crippen molar-refractivity contribution in [2.24, 2.45) is 5.14 Å². The zero-order valence-corrected chi connectivity index (χ0v) is 17.3. The minimum absolute atomic E-state index is 0.0375. The van der Waals surface area contributed by atoms with E-state index in [1.54, 1.807) is 30.3 Å². The number of carbonyl (C=O) groups is 1. The molecule has 4 N–H and O–H groups in total. The predicted molar refractivity (Wildman–Crippen MR) is 111 cm³/mol. The lowest BCUT2D eigenvalue weighted by molar-refractivity contribution is -0.112. The number of methoxy groups -OCH3 is 2. The van der Waals surface area contributed by atoms with Crippen molar-refractivity contribution in [3.63, 3.8) is 0 Å². The summed E-state index contributed by atoms with van der Waals surface area (Å²) in [4.78, 5) is 12.4. The van der Waals surface area contributed by atoms with Crippen molar-refractivity contribution in [2.45, 2.75) is 11.3 Å². The molecule has 0 bridgehead atoms. The van der Waals surface area contributed by atoms with E-state index in [-0.39, 0.29) is 10.5 Å². The Bertz CT molecular complexity index is 1070. The molecular weight excluding hydrogens is 408 g/mol. The van der Waals surface area contributed by atoms with Crippen LogP contribution >= 0.6 is 0 Å². The van der Waals surface area contributed by atoms with Crippen LogP contribution in [0.5, 0.6) is 11.5 Å². The monoisotopic (exact) mass is 430 g/mol. The fraction of sp³-hybridized carbons (Fsp3) is 0.200. The number of amides is 1. The third kappa shape index (κ3) is 6.23. The first-order valence-electron chi connectivity index (χ1n) is 8.77. The lowest BCUT2D eigenvalue weighted by Gasteiger charge is -2.11. The topological polar surface area (TPSA) is 144 Å². The van der Waals surface area contributed by atoms with Crippen molar-refractivity contribution in [3.05, 3.63) is 59.8 Å². The molecule has 0 aliphatic carbocycles. The van der Waals surface area contributed by atoms with Gasteiger partial charge in [0.2, 0.25) is 10.0 Å². The first-order chi connectivity index (χ1) is 14.3. The van der Waals surface area contributed by atoms with Crippen molar-refractivity contribution < 1.29 is 22.7 Å². The van der Waals surface area contributed by atoms with Crippen LogP contribution in [0.2, 0.25) is 0 Å². The van der Waals surface area contributed by atoms with E-state index in [1.165, 1.54) is 32.6 Å². The second kappa shape index (κ2) is 10.3. The number of carbonyl (C=O) groups excluding carboxylic acids is 1. The van der Waals surface area contributed by atoms with Crippen molar-refractivity contribution in [1.82, 2.24) is 5.32 Å². The van der Waals surface area contributed by atoms with Crippen molar-refractivity contribution in [2.75, 3.05) is 26.1 Å². The normalized spacial score (nSPS) is 11.3. The van der Waals surface area contributed by atoms with Crippen LogP contribution in [-0.4, -0.2) is 35.1 Å². The summed E-state index contributed by atoms with van der Waals surface area (Å²) in [6.07, 6.45) is 1.87. The summed E-state index contributed by atoms with van der Waals surface area (Å²) in [6.45, 7) is 0.426. The summed E-state index contributed by atoms with van der Waals surface area (Å²) >= 11 is 0. The highest BCUT2D eigenvalue weighted by Crippen LogP contribution is 2.29. The molecule has 0 radical (unpaired) electrons. The Morgan fingerprint density at radius 1 is 1.17 bits per heavy atom. The van der Waals surface area contributed by atoms with E-state index in [0.29, 0.717) is 30.2 Å². The molecule has 9 nitrogen and oxygen atoms in total. The molecule has 0 atom stereocenters. The van der Waals surface area contributed by atoms with Crippen LogP contribution in [-0.2, 0) is 21.2 Å². The number of ether oxygens (including phenoxy) is 2. The maximum Gasteiger partial charge on any atom is 0.267 e. The molecule has 0 saturated carbocycles. The quantitative estimate of drug-likeness (QED) is 0.311. The summed E-state index contributed by atoms with van der Waals surface area (Å²) < 4.78 is 32.8. The summed E-state index contributed by atoms with van der Waals surface area (Å²) in [5.74, 6) is 0.353. The molecule has 0 unspecified atom stereocenters. The molecule has 158 valence electrons. The van der Waals surface area contributed by atoms with Gasteiger partial charge in [-0.3, -0.25) is 4.79 Å². The summed E-state index contributed by atoms with van der Waals surface area (Å²) in [5.41, 5.74) is 1.12. The summed E-state index contributed by atoms with van der Waals surface area (Å²) in [5, 5.41) is 19.9. The summed E-state index contributed by atoms with van der Waals surface area (Å²) in [6, 6.07) is 12.9. The summed E-state index contributed by atoms with van der Waals surface area (Å²) in [7, 11) is -0.759. The van der Waals surface area contributed by atoms with Gasteiger partial charge in [0.1, 0.15) is 23.1 Å². The number of sulfonamides is 1. The van der Waals surface area contributed by atoms with Crippen LogP contribution in [0, 0.1) is 11.3 Å². The molecule has 0 spiro atoms. The number of nitrogens with two attached hydrogens (primary N) is 1. The van der Waals surface area contributed by atoms with Gasteiger partial charge in [0.15, 0.2) is 0 Å². The molecule has 0 fully saturated rings. The first-order valence-corrected chi connectivity index (χ1v) is 10.3. The molecule has 30 heavy (non-hydrogen) atoms. The highest BCUT2D eigenvalue weighted by molar-refractivity contribution is 7.89. The Morgan fingerprint density at radius 2 is 1.87 bits per heavy atom. The van der Waals surface area contributed by atoms with E-state index in [0.717, 1.165) is 5.56 Å². The number of nitriles is 1. The highest BCUT2D eigenvalue weighted by Gasteiger charge is 2.13. The molecule has 0 aliphatic heterocycles. The van der Waals surface area contributed by atoms with Crippen molar-refractivity contribution in [1.29, 1.82) is 5.26 Å². The number of rotatable bonds is 9. The van der Waals surface area contributed by atoms with E-state index in [1.807, 2.05) is 6.07 Å².